The molecule has 0 unspecified atom stereocenters. The maximum Gasteiger partial charge on any atom is 0.240 e. The van der Waals surface area contributed by atoms with Crippen molar-refractivity contribution in [2.45, 2.75) is 19.3 Å². The molecular formula is C53H54N8O3. The fourth-order valence-electron chi connectivity index (χ4n) is 8.05. The van der Waals surface area contributed by atoms with Crippen LogP contribution in [0, 0.1) is 0 Å². The summed E-state index contributed by atoms with van der Waals surface area (Å²) >= 11 is 0. The highest BCUT2D eigenvalue weighted by Crippen LogP contribution is 2.26. The maximum atomic E-state index is 12.2. The molecule has 0 atom stereocenters. The largest absolute Gasteiger partial charge is 0.398 e. The Balaban J connectivity index is 0.000000133. The van der Waals surface area contributed by atoms with Crippen LogP contribution in [0.4, 0.5) is 17.1 Å². The number of H-pyrrole nitrogens is 3. The third kappa shape index (κ3) is 11.1. The molecule has 0 bridgehead atoms. The van der Waals surface area contributed by atoms with Gasteiger partial charge < -0.3 is 46.6 Å². The Bertz CT molecular complexity index is 2970. The second kappa shape index (κ2) is 21.1. The van der Waals surface area contributed by atoms with Crippen LogP contribution in [0.3, 0.4) is 0 Å². The predicted octanol–water partition coefficient (Wildman–Crippen LogP) is 8.31. The number of amides is 2. The number of aromatic nitrogens is 3. The molecule has 11 nitrogen and oxygen atoms in total. The lowest BCUT2D eigenvalue weighted by molar-refractivity contribution is -0.118. The van der Waals surface area contributed by atoms with Crippen LogP contribution in [0.25, 0.3) is 32.7 Å². The van der Waals surface area contributed by atoms with Gasteiger partial charge in [0.2, 0.25) is 11.8 Å². The first kappa shape index (κ1) is 43.2. The number of carbonyl (C=O) groups is 2. The first-order valence-corrected chi connectivity index (χ1v) is 21.7. The molecule has 11 heteroatoms. The number of carbonyl (C=O) groups excluding carboxylic acids is 2. The molecule has 3 aromatic heterocycles. The number of piperazine rings is 1. The number of aliphatic hydroxyl groups is 1. The maximum absolute atomic E-state index is 12.2. The van der Waals surface area contributed by atoms with E-state index in [1.165, 1.54) is 49.5 Å². The number of anilines is 3. The molecule has 0 spiro atoms. The monoisotopic (exact) mass is 850 g/mol. The second-order valence-electron chi connectivity index (χ2n) is 15.9. The van der Waals surface area contributed by atoms with Crippen molar-refractivity contribution < 1.29 is 14.7 Å². The standard InChI is InChI=1S/C19H21N3O2.C19H19N3O.C15H14N2/c23-10-9-20-13-19(24)22-18-4-2-1-3-15(18)11-14-5-6-17-16(12-14)7-8-21-17;23-19-13-20-9-10-22(19)18-4-2-1-3-16(18)12-14-5-6-17-15(11-14)7-8-21-17;16-14-4-2-1-3-12(14)9-11-5-6-15-13(10-11)7-8-17-15/h1-8,12,20-21,23H,9-11,13H2,(H,22,24);1-8,11,20-21H,9-10,12-13H2;1-8,10,17H,9,16H2. The molecule has 324 valence electrons. The zero-order valence-electron chi connectivity index (χ0n) is 35.7. The normalized spacial score (nSPS) is 12.5. The fraction of sp³-hybridized carbons (Fsp3) is 0.170. The summed E-state index contributed by atoms with van der Waals surface area (Å²) < 4.78 is 0. The van der Waals surface area contributed by atoms with Gasteiger partial charge in [0.15, 0.2) is 0 Å². The molecule has 0 radical (unpaired) electrons. The quantitative estimate of drug-likeness (QED) is 0.0455. The summed E-state index contributed by atoms with van der Waals surface area (Å²) in [7, 11) is 0. The lowest BCUT2D eigenvalue weighted by atomic mass is 10.0. The highest BCUT2D eigenvalue weighted by atomic mass is 16.3. The highest BCUT2D eigenvalue weighted by Gasteiger charge is 2.21. The number of nitrogens with zero attached hydrogens (tertiary/aromatic N) is 1. The van der Waals surface area contributed by atoms with Crippen LogP contribution < -0.4 is 26.6 Å². The van der Waals surface area contributed by atoms with Gasteiger partial charge in [-0.15, -0.1) is 0 Å². The van der Waals surface area contributed by atoms with Gasteiger partial charge in [-0.3, -0.25) is 9.59 Å². The van der Waals surface area contributed by atoms with Gasteiger partial charge in [0, 0.05) is 71.8 Å². The number of nitrogens with two attached hydrogens (primary N) is 1. The van der Waals surface area contributed by atoms with Crippen LogP contribution in [0.15, 0.2) is 164 Å². The summed E-state index contributed by atoms with van der Waals surface area (Å²) in [6.07, 6.45) is 8.32. The number of aliphatic hydroxyl groups excluding tert-OH is 1. The van der Waals surface area contributed by atoms with Gasteiger partial charge in [-0.05, 0) is 142 Å². The SMILES string of the molecule is Nc1ccccc1Cc1ccc2[nH]ccc2c1.O=C(CNCCO)Nc1ccccc1Cc1ccc2[nH]ccc2c1.O=C1CNCCN1c1ccccc1Cc1ccc2[nH]ccc2c1. The molecule has 1 fully saturated rings. The summed E-state index contributed by atoms with van der Waals surface area (Å²) in [6, 6.07) is 49.6. The minimum absolute atomic E-state index is 0.0193. The average molecular weight is 851 g/mol. The number of nitrogen functional groups attached to an aromatic ring is 1. The van der Waals surface area contributed by atoms with E-state index in [1.807, 2.05) is 84.2 Å². The van der Waals surface area contributed by atoms with Crippen molar-refractivity contribution in [3.8, 4) is 0 Å². The Morgan fingerprint density at radius 2 is 1.14 bits per heavy atom. The van der Waals surface area contributed by atoms with Gasteiger partial charge in [0.05, 0.1) is 19.7 Å². The summed E-state index contributed by atoms with van der Waals surface area (Å²) in [5.74, 6) is 0.0294. The van der Waals surface area contributed by atoms with E-state index in [9.17, 15) is 9.59 Å². The van der Waals surface area contributed by atoms with E-state index >= 15 is 0 Å². The van der Waals surface area contributed by atoms with E-state index in [-0.39, 0.29) is 25.0 Å². The molecule has 0 aliphatic carbocycles. The van der Waals surface area contributed by atoms with Crippen LogP contribution >= 0.6 is 0 Å². The fourth-order valence-corrected chi connectivity index (χ4v) is 8.05. The predicted molar refractivity (Wildman–Crippen MR) is 261 cm³/mol. The smallest absolute Gasteiger partial charge is 0.240 e. The molecule has 9 N–H and O–H groups in total. The van der Waals surface area contributed by atoms with Crippen molar-refractivity contribution in [1.82, 2.24) is 25.6 Å². The minimum Gasteiger partial charge on any atom is -0.398 e. The Morgan fingerprint density at radius 1 is 0.625 bits per heavy atom. The minimum atomic E-state index is -0.114. The zero-order valence-corrected chi connectivity index (χ0v) is 35.7. The Labute approximate surface area is 372 Å². The lowest BCUT2D eigenvalue weighted by Crippen LogP contribution is -2.48. The topological polar surface area (TPSA) is 167 Å². The average Bonchev–Trinajstić information content (AvgIpc) is 4.10. The van der Waals surface area contributed by atoms with E-state index in [4.69, 9.17) is 10.8 Å². The van der Waals surface area contributed by atoms with Crippen molar-refractivity contribution in [2.75, 3.05) is 55.3 Å². The van der Waals surface area contributed by atoms with Gasteiger partial charge in [0.25, 0.3) is 0 Å². The van der Waals surface area contributed by atoms with Gasteiger partial charge in [-0.2, -0.15) is 0 Å². The molecule has 0 saturated carbocycles. The van der Waals surface area contributed by atoms with Crippen molar-refractivity contribution in [3.05, 3.63) is 198 Å². The van der Waals surface area contributed by atoms with Crippen LogP contribution in [0.5, 0.6) is 0 Å². The number of para-hydroxylation sites is 3. The number of aromatic amines is 3. The van der Waals surface area contributed by atoms with Gasteiger partial charge >= 0.3 is 0 Å². The molecular weight excluding hydrogens is 797 g/mol. The lowest BCUT2D eigenvalue weighted by Gasteiger charge is -2.29. The molecule has 4 heterocycles. The molecule has 2 amide bonds. The summed E-state index contributed by atoms with van der Waals surface area (Å²) in [5.41, 5.74) is 19.3. The molecule has 1 saturated heterocycles. The van der Waals surface area contributed by atoms with Crippen molar-refractivity contribution in [3.63, 3.8) is 0 Å². The number of hydrogen-bond donors (Lipinski definition) is 8. The van der Waals surface area contributed by atoms with Crippen LogP contribution in [-0.4, -0.2) is 71.2 Å². The van der Waals surface area contributed by atoms with Crippen molar-refractivity contribution in [2.24, 2.45) is 0 Å². The number of fused-ring (bicyclic) bond motifs is 3. The molecule has 1 aliphatic rings. The Morgan fingerprint density at radius 3 is 1.72 bits per heavy atom. The number of rotatable bonds is 12. The van der Waals surface area contributed by atoms with Crippen LogP contribution in [-0.2, 0) is 28.9 Å². The summed E-state index contributed by atoms with van der Waals surface area (Å²) in [4.78, 5) is 35.7. The van der Waals surface area contributed by atoms with E-state index in [1.54, 1.807) is 0 Å². The molecule has 6 aromatic carbocycles. The Kier molecular flexibility index (Phi) is 14.2. The zero-order chi connectivity index (χ0) is 44.1. The first-order chi connectivity index (χ1) is 31.4. The number of benzene rings is 6. The highest BCUT2D eigenvalue weighted by molar-refractivity contribution is 5.96. The first-order valence-electron chi connectivity index (χ1n) is 21.7. The van der Waals surface area contributed by atoms with E-state index in [2.05, 4.69) is 116 Å². The Hall–Kier alpha value is -7.44. The third-order valence-corrected chi connectivity index (χ3v) is 11.3. The third-order valence-electron chi connectivity index (χ3n) is 11.3. The van der Waals surface area contributed by atoms with Crippen LogP contribution in [0.2, 0.25) is 0 Å². The molecule has 64 heavy (non-hydrogen) atoms. The van der Waals surface area contributed by atoms with Crippen LogP contribution in [0.1, 0.15) is 33.4 Å². The van der Waals surface area contributed by atoms with E-state index < -0.39 is 0 Å². The second-order valence-corrected chi connectivity index (χ2v) is 15.9. The number of nitrogens with one attached hydrogen (secondary N) is 6. The van der Waals surface area contributed by atoms with Gasteiger partial charge in [-0.25, -0.2) is 0 Å². The van der Waals surface area contributed by atoms with Gasteiger partial charge in [0.1, 0.15) is 0 Å². The molecule has 9 aromatic rings. The van der Waals surface area contributed by atoms with E-state index in [0.717, 1.165) is 66.0 Å². The molecule has 10 rings (SSSR count). The summed E-state index contributed by atoms with van der Waals surface area (Å²) in [5, 5.41) is 21.3. The summed E-state index contributed by atoms with van der Waals surface area (Å²) in [6.45, 7) is 2.60. The number of hydrogen-bond acceptors (Lipinski definition) is 6. The molecule has 1 aliphatic heterocycles. The van der Waals surface area contributed by atoms with Gasteiger partial charge in [-0.1, -0.05) is 72.8 Å². The van der Waals surface area contributed by atoms with Crippen molar-refractivity contribution in [1.29, 1.82) is 0 Å². The van der Waals surface area contributed by atoms with E-state index in [0.29, 0.717) is 13.1 Å². The van der Waals surface area contributed by atoms with Crippen molar-refractivity contribution >= 4 is 61.6 Å².